The molecule has 30 heavy (non-hydrogen) atoms. The molecular weight excluding hydrogens is 444 g/mol. The van der Waals surface area contributed by atoms with E-state index in [-0.39, 0.29) is 5.78 Å². The average molecular weight is 463 g/mol. The highest BCUT2D eigenvalue weighted by molar-refractivity contribution is 9.10. The molecule has 0 amide bonds. The fourth-order valence-electron chi connectivity index (χ4n) is 3.85. The van der Waals surface area contributed by atoms with E-state index in [1.54, 1.807) is 18.5 Å². The molecule has 0 unspecified atom stereocenters. The number of hydrogen-bond donors (Lipinski definition) is 0. The van der Waals surface area contributed by atoms with Crippen LogP contribution in [-0.4, -0.2) is 22.4 Å². The number of hydrogen-bond acceptors (Lipinski definition) is 5. The largest absolute Gasteiger partial charge is 0.477 e. The normalized spacial score (nSPS) is 16.7. The van der Waals surface area contributed by atoms with Gasteiger partial charge in [-0.1, -0.05) is 28.1 Å². The highest BCUT2D eigenvalue weighted by Gasteiger charge is 2.33. The van der Waals surface area contributed by atoms with Crippen LogP contribution in [0.5, 0.6) is 11.5 Å². The van der Waals surface area contributed by atoms with E-state index >= 15 is 0 Å². The number of rotatable bonds is 3. The van der Waals surface area contributed by atoms with Gasteiger partial charge in [-0.25, -0.2) is 0 Å². The van der Waals surface area contributed by atoms with E-state index in [1.807, 2.05) is 49.4 Å². The summed E-state index contributed by atoms with van der Waals surface area (Å²) in [6.07, 6.45) is 5.37. The molecule has 0 N–H and O–H groups in total. The average Bonchev–Trinajstić information content (AvgIpc) is 3.06. The Hall–Kier alpha value is -2.96. The molecule has 2 aliphatic heterocycles. The van der Waals surface area contributed by atoms with Gasteiger partial charge in [-0.15, -0.1) is 0 Å². The molecule has 5 rings (SSSR count). The Morgan fingerprint density at radius 1 is 1.13 bits per heavy atom. The van der Waals surface area contributed by atoms with Gasteiger partial charge in [0.05, 0.1) is 5.56 Å². The van der Waals surface area contributed by atoms with Crippen LogP contribution >= 0.6 is 15.9 Å². The Kier molecular flexibility index (Phi) is 4.89. The minimum Gasteiger partial charge on any atom is -0.477 e. The van der Waals surface area contributed by atoms with E-state index in [0.29, 0.717) is 30.3 Å². The van der Waals surface area contributed by atoms with Crippen molar-refractivity contribution in [2.24, 2.45) is 0 Å². The van der Waals surface area contributed by atoms with Crippen molar-refractivity contribution in [2.75, 3.05) is 6.73 Å². The van der Waals surface area contributed by atoms with Crippen molar-refractivity contribution in [2.45, 2.75) is 20.0 Å². The summed E-state index contributed by atoms with van der Waals surface area (Å²) in [5.41, 5.74) is 4.57. The monoisotopic (exact) mass is 462 g/mol. The number of Topliss-reactive ketones (excluding diaryl/α,β-unsaturated/α-hetero) is 1. The lowest BCUT2D eigenvalue weighted by molar-refractivity contribution is 0.0876. The van der Waals surface area contributed by atoms with Gasteiger partial charge in [0.15, 0.2) is 5.76 Å². The smallest absolute Gasteiger partial charge is 0.231 e. The van der Waals surface area contributed by atoms with Crippen molar-refractivity contribution in [3.63, 3.8) is 0 Å². The lowest BCUT2D eigenvalue weighted by Gasteiger charge is -2.30. The number of carbonyl (C=O) groups is 1. The Bertz CT molecular complexity index is 1160. The Labute approximate surface area is 183 Å². The zero-order valence-corrected chi connectivity index (χ0v) is 18.0. The summed E-state index contributed by atoms with van der Waals surface area (Å²) in [4.78, 5) is 19.3. The zero-order chi connectivity index (χ0) is 20.7. The quantitative estimate of drug-likeness (QED) is 0.505. The molecule has 3 heterocycles. The first kappa shape index (κ1) is 19.0. The molecule has 0 radical (unpaired) electrons. The van der Waals surface area contributed by atoms with E-state index in [4.69, 9.17) is 9.47 Å². The molecule has 2 aliphatic rings. The van der Waals surface area contributed by atoms with Gasteiger partial charge in [0.2, 0.25) is 5.78 Å². The topological polar surface area (TPSA) is 51.7 Å². The molecule has 2 aromatic carbocycles. The van der Waals surface area contributed by atoms with E-state index < -0.39 is 0 Å². The summed E-state index contributed by atoms with van der Waals surface area (Å²) in [7, 11) is 0. The van der Waals surface area contributed by atoms with Crippen molar-refractivity contribution >= 4 is 27.8 Å². The third kappa shape index (κ3) is 3.53. The Balaban J connectivity index is 1.43. The number of halogens is 1. The number of fused-ring (bicyclic) bond motifs is 2. The molecule has 6 heteroatoms. The van der Waals surface area contributed by atoms with E-state index in [2.05, 4.69) is 25.8 Å². The van der Waals surface area contributed by atoms with Crippen molar-refractivity contribution in [3.05, 3.63) is 92.9 Å². The predicted molar refractivity (Wildman–Crippen MR) is 117 cm³/mol. The van der Waals surface area contributed by atoms with Crippen LogP contribution in [0, 0.1) is 6.92 Å². The van der Waals surface area contributed by atoms with Crippen LogP contribution in [0.1, 0.15) is 32.6 Å². The van der Waals surface area contributed by atoms with Crippen LogP contribution in [0.15, 0.2) is 65.1 Å². The molecule has 3 aromatic rings. The first-order valence-corrected chi connectivity index (χ1v) is 10.5. The van der Waals surface area contributed by atoms with Gasteiger partial charge >= 0.3 is 0 Å². The number of pyridine rings is 1. The first-order valence-electron chi connectivity index (χ1n) is 9.69. The van der Waals surface area contributed by atoms with E-state index in [1.165, 1.54) is 5.56 Å². The molecule has 5 nitrogen and oxygen atoms in total. The zero-order valence-electron chi connectivity index (χ0n) is 16.4. The molecule has 150 valence electrons. The number of benzene rings is 2. The summed E-state index contributed by atoms with van der Waals surface area (Å²) in [6.45, 7) is 3.92. The Morgan fingerprint density at radius 3 is 2.67 bits per heavy atom. The van der Waals surface area contributed by atoms with Gasteiger partial charge in [0.1, 0.15) is 18.2 Å². The lowest BCUT2D eigenvalue weighted by atomic mass is 10.00. The first-order chi connectivity index (χ1) is 14.6. The SMILES string of the molecule is Cc1c2c(cc3c1O/C(=C\c1ccc(Br)cc1)C3=O)CN(Cc1ccncc1)CO2. The number of carbonyl (C=O) groups excluding carboxylic acids is 1. The second-order valence-corrected chi connectivity index (χ2v) is 8.39. The van der Waals surface area contributed by atoms with Crippen molar-refractivity contribution in [1.29, 1.82) is 0 Å². The van der Waals surface area contributed by atoms with Gasteiger partial charge in [0, 0.05) is 41.1 Å². The molecule has 0 aliphatic carbocycles. The summed E-state index contributed by atoms with van der Waals surface area (Å²) < 4.78 is 13.0. The van der Waals surface area contributed by atoms with Crippen LogP contribution in [0.2, 0.25) is 0 Å². The van der Waals surface area contributed by atoms with Crippen LogP contribution in [0.4, 0.5) is 0 Å². The Morgan fingerprint density at radius 2 is 1.90 bits per heavy atom. The molecule has 0 spiro atoms. The maximum absolute atomic E-state index is 13.0. The molecule has 0 saturated carbocycles. The summed E-state index contributed by atoms with van der Waals surface area (Å²) in [6, 6.07) is 13.7. The van der Waals surface area contributed by atoms with E-state index in [9.17, 15) is 4.79 Å². The van der Waals surface area contributed by atoms with Gasteiger partial charge in [-0.05, 0) is 54.5 Å². The third-order valence-electron chi connectivity index (χ3n) is 5.33. The van der Waals surface area contributed by atoms with E-state index in [0.717, 1.165) is 33.5 Å². The van der Waals surface area contributed by atoms with Gasteiger partial charge < -0.3 is 9.47 Å². The van der Waals surface area contributed by atoms with Gasteiger partial charge in [0.25, 0.3) is 0 Å². The lowest BCUT2D eigenvalue weighted by Crippen LogP contribution is -2.32. The van der Waals surface area contributed by atoms with Crippen LogP contribution in [-0.2, 0) is 13.1 Å². The molecule has 1 aromatic heterocycles. The molecule has 0 fully saturated rings. The fourth-order valence-corrected chi connectivity index (χ4v) is 4.12. The molecular formula is C24H19BrN2O3. The van der Waals surface area contributed by atoms with Crippen LogP contribution in [0.3, 0.4) is 0 Å². The minimum absolute atomic E-state index is 0.0925. The minimum atomic E-state index is -0.0925. The number of ketones is 1. The highest BCUT2D eigenvalue weighted by atomic mass is 79.9. The number of allylic oxidation sites excluding steroid dienone is 1. The maximum Gasteiger partial charge on any atom is 0.231 e. The summed E-state index contributed by atoms with van der Waals surface area (Å²) in [5.74, 6) is 1.67. The maximum atomic E-state index is 13.0. The standard InChI is InChI=1S/C24H19BrN2O3/c1-15-23-18(13-27(14-29-23)12-17-6-8-26-9-7-17)11-20-22(28)21(30-24(15)20)10-16-2-4-19(25)5-3-16/h2-11H,12-14H2,1H3/b21-10-. The third-order valence-corrected chi connectivity index (χ3v) is 5.85. The van der Waals surface area contributed by atoms with Crippen molar-refractivity contribution in [3.8, 4) is 11.5 Å². The van der Waals surface area contributed by atoms with Gasteiger partial charge in [-0.3, -0.25) is 14.7 Å². The predicted octanol–water partition coefficient (Wildman–Crippen LogP) is 5.12. The molecule has 0 bridgehead atoms. The molecule has 0 saturated heterocycles. The second-order valence-electron chi connectivity index (χ2n) is 7.47. The van der Waals surface area contributed by atoms with Crippen molar-refractivity contribution < 1.29 is 14.3 Å². The van der Waals surface area contributed by atoms with Crippen molar-refractivity contribution in [1.82, 2.24) is 9.88 Å². The van der Waals surface area contributed by atoms with Crippen LogP contribution in [0.25, 0.3) is 6.08 Å². The fraction of sp³-hybridized carbons (Fsp3) is 0.167. The number of aromatic nitrogens is 1. The summed E-state index contributed by atoms with van der Waals surface area (Å²) >= 11 is 3.43. The van der Waals surface area contributed by atoms with Crippen LogP contribution < -0.4 is 9.47 Å². The second kappa shape index (κ2) is 7.70. The highest BCUT2D eigenvalue weighted by Crippen LogP contribution is 2.43. The van der Waals surface area contributed by atoms with Gasteiger partial charge in [-0.2, -0.15) is 0 Å². The number of nitrogens with zero attached hydrogens (tertiary/aromatic N) is 2. The number of ether oxygens (including phenoxy) is 2. The summed E-state index contributed by atoms with van der Waals surface area (Å²) in [5, 5.41) is 0. The molecule has 0 atom stereocenters.